The molecule has 3 heterocycles. The van der Waals surface area contributed by atoms with Crippen LogP contribution in [-0.4, -0.2) is 15.4 Å². The summed E-state index contributed by atoms with van der Waals surface area (Å²) in [4.78, 5) is 0. The minimum Gasteiger partial charge on any atom is -0.469 e. The molecule has 0 saturated carbocycles. The highest BCUT2D eigenvalue weighted by atomic mass is 16.5. The standard InChI is InChI=1S/C8H12O.C7H10N2.C7H11NO/c1-6(2)8-4-5-9-7(8)3;1-6(2)7-4-3-5-8-9-7;1-5(2)7-4-9-8-6(7)3/h4-6H,1-3H3;3-6H,1-2H3;4-5H,1-3H3. The lowest BCUT2D eigenvalue weighted by Gasteiger charge is -1.99. The van der Waals surface area contributed by atoms with Crippen molar-refractivity contribution in [3.8, 4) is 0 Å². The van der Waals surface area contributed by atoms with Gasteiger partial charge in [-0.25, -0.2) is 0 Å². The molecule has 3 aromatic heterocycles. The molecular formula is C22H33N3O2. The first kappa shape index (κ1) is 22.6. The Morgan fingerprint density at radius 3 is 1.78 bits per heavy atom. The Morgan fingerprint density at radius 2 is 1.52 bits per heavy atom. The lowest BCUT2D eigenvalue weighted by atomic mass is 10.1. The predicted octanol–water partition coefficient (Wildman–Crippen LogP) is 6.42. The molecule has 3 aromatic rings. The third-order valence-corrected chi connectivity index (χ3v) is 4.11. The molecule has 0 N–H and O–H groups in total. The molecule has 27 heavy (non-hydrogen) atoms. The first-order valence-electron chi connectivity index (χ1n) is 9.46. The van der Waals surface area contributed by atoms with Crippen LogP contribution in [0.15, 0.2) is 45.9 Å². The Morgan fingerprint density at radius 1 is 0.852 bits per heavy atom. The largest absolute Gasteiger partial charge is 0.469 e. The van der Waals surface area contributed by atoms with E-state index in [1.54, 1.807) is 18.7 Å². The maximum absolute atomic E-state index is 5.13. The van der Waals surface area contributed by atoms with Crippen molar-refractivity contribution in [2.45, 2.75) is 73.1 Å². The van der Waals surface area contributed by atoms with Gasteiger partial charge in [-0.3, -0.25) is 0 Å². The number of nitrogens with zero attached hydrogens (tertiary/aromatic N) is 3. The summed E-state index contributed by atoms with van der Waals surface area (Å²) in [7, 11) is 0. The Hall–Kier alpha value is -2.43. The molecule has 0 aliphatic heterocycles. The Bertz CT molecular complexity index is 714. The van der Waals surface area contributed by atoms with Gasteiger partial charge < -0.3 is 8.94 Å². The molecule has 0 bridgehead atoms. The van der Waals surface area contributed by atoms with Gasteiger partial charge >= 0.3 is 0 Å². The van der Waals surface area contributed by atoms with E-state index in [1.807, 2.05) is 32.0 Å². The first-order valence-corrected chi connectivity index (χ1v) is 9.46. The van der Waals surface area contributed by atoms with Gasteiger partial charge in [0.15, 0.2) is 0 Å². The third kappa shape index (κ3) is 7.77. The molecule has 0 aliphatic carbocycles. The number of furan rings is 1. The Kier molecular flexibility index (Phi) is 9.48. The van der Waals surface area contributed by atoms with Crippen molar-refractivity contribution in [1.82, 2.24) is 15.4 Å². The predicted molar refractivity (Wildman–Crippen MR) is 109 cm³/mol. The molecule has 0 spiro atoms. The second-order valence-corrected chi connectivity index (χ2v) is 7.40. The zero-order valence-electron chi connectivity index (χ0n) is 17.9. The molecule has 0 amide bonds. The number of hydrogen-bond acceptors (Lipinski definition) is 5. The highest BCUT2D eigenvalue weighted by Gasteiger charge is 2.05. The molecule has 0 saturated heterocycles. The summed E-state index contributed by atoms with van der Waals surface area (Å²) in [6, 6.07) is 5.92. The average molecular weight is 372 g/mol. The van der Waals surface area contributed by atoms with Crippen LogP contribution in [0, 0.1) is 13.8 Å². The van der Waals surface area contributed by atoms with Crippen molar-refractivity contribution in [3.05, 3.63) is 65.2 Å². The number of rotatable bonds is 3. The third-order valence-electron chi connectivity index (χ3n) is 4.11. The quantitative estimate of drug-likeness (QED) is 0.531. The van der Waals surface area contributed by atoms with E-state index in [2.05, 4.69) is 56.9 Å². The van der Waals surface area contributed by atoms with Gasteiger partial charge in [0.05, 0.1) is 17.7 Å². The summed E-state index contributed by atoms with van der Waals surface area (Å²) >= 11 is 0. The monoisotopic (exact) mass is 371 g/mol. The fraction of sp³-hybridized carbons (Fsp3) is 0.500. The van der Waals surface area contributed by atoms with Gasteiger partial charge in [0.1, 0.15) is 12.0 Å². The van der Waals surface area contributed by atoms with E-state index >= 15 is 0 Å². The topological polar surface area (TPSA) is 65.0 Å². The van der Waals surface area contributed by atoms with Crippen molar-refractivity contribution in [2.24, 2.45) is 0 Å². The van der Waals surface area contributed by atoms with Crippen molar-refractivity contribution in [1.29, 1.82) is 0 Å². The average Bonchev–Trinajstić information content (AvgIpc) is 3.25. The molecular weight excluding hydrogens is 338 g/mol. The van der Waals surface area contributed by atoms with Crippen molar-refractivity contribution < 1.29 is 8.94 Å². The molecule has 0 atom stereocenters. The van der Waals surface area contributed by atoms with E-state index < -0.39 is 0 Å². The molecule has 0 aliphatic rings. The van der Waals surface area contributed by atoms with Crippen LogP contribution in [0.2, 0.25) is 0 Å². The Balaban J connectivity index is 0.000000202. The van der Waals surface area contributed by atoms with E-state index in [0.717, 1.165) is 17.1 Å². The summed E-state index contributed by atoms with van der Waals surface area (Å²) < 4.78 is 9.88. The van der Waals surface area contributed by atoms with Crippen LogP contribution < -0.4 is 0 Å². The smallest absolute Gasteiger partial charge is 0.127 e. The summed E-state index contributed by atoms with van der Waals surface area (Å²) in [6.07, 6.45) is 5.14. The molecule has 0 fully saturated rings. The highest BCUT2D eigenvalue weighted by Crippen LogP contribution is 2.18. The van der Waals surface area contributed by atoms with Gasteiger partial charge in [-0.05, 0) is 55.4 Å². The summed E-state index contributed by atoms with van der Waals surface area (Å²) in [6.45, 7) is 16.7. The van der Waals surface area contributed by atoms with Gasteiger partial charge in [0.25, 0.3) is 0 Å². The van der Waals surface area contributed by atoms with Gasteiger partial charge in [0.2, 0.25) is 0 Å². The van der Waals surface area contributed by atoms with Gasteiger partial charge in [-0.1, -0.05) is 46.7 Å². The fourth-order valence-electron chi connectivity index (χ4n) is 2.47. The van der Waals surface area contributed by atoms with Crippen LogP contribution in [0.5, 0.6) is 0 Å². The van der Waals surface area contributed by atoms with E-state index in [9.17, 15) is 0 Å². The van der Waals surface area contributed by atoms with Crippen LogP contribution in [-0.2, 0) is 0 Å². The normalized spacial score (nSPS) is 10.5. The molecule has 0 aromatic carbocycles. The Labute approximate surface area is 163 Å². The number of aryl methyl sites for hydroxylation is 2. The molecule has 0 radical (unpaired) electrons. The van der Waals surface area contributed by atoms with Crippen LogP contribution in [0.3, 0.4) is 0 Å². The second-order valence-electron chi connectivity index (χ2n) is 7.40. The zero-order chi connectivity index (χ0) is 20.4. The van der Waals surface area contributed by atoms with Crippen LogP contribution in [0.1, 0.15) is 87.6 Å². The molecule has 148 valence electrons. The summed E-state index contributed by atoms with van der Waals surface area (Å²) in [5.74, 6) is 2.64. The minimum atomic E-state index is 0.485. The minimum absolute atomic E-state index is 0.485. The van der Waals surface area contributed by atoms with E-state index in [-0.39, 0.29) is 0 Å². The molecule has 5 heteroatoms. The maximum Gasteiger partial charge on any atom is 0.127 e. The zero-order valence-corrected chi connectivity index (χ0v) is 17.9. The maximum atomic E-state index is 5.13. The van der Waals surface area contributed by atoms with Crippen molar-refractivity contribution >= 4 is 0 Å². The molecule has 0 unspecified atom stereocenters. The van der Waals surface area contributed by atoms with Crippen molar-refractivity contribution in [2.75, 3.05) is 0 Å². The lowest BCUT2D eigenvalue weighted by Crippen LogP contribution is -1.92. The van der Waals surface area contributed by atoms with Crippen LogP contribution in [0.4, 0.5) is 0 Å². The van der Waals surface area contributed by atoms with Gasteiger partial charge in [-0.2, -0.15) is 10.2 Å². The van der Waals surface area contributed by atoms with Gasteiger partial charge in [-0.15, -0.1) is 0 Å². The SMILES string of the molecule is CC(C)c1cccnn1.Cc1nocc1C(C)C.Cc1occc1C(C)C. The number of hydrogen-bond donors (Lipinski definition) is 0. The highest BCUT2D eigenvalue weighted by molar-refractivity contribution is 5.19. The molecule has 5 nitrogen and oxygen atoms in total. The van der Waals surface area contributed by atoms with E-state index in [1.165, 1.54) is 11.1 Å². The van der Waals surface area contributed by atoms with Crippen molar-refractivity contribution in [3.63, 3.8) is 0 Å². The summed E-state index contributed by atoms with van der Waals surface area (Å²) in [5.41, 5.74) is 4.58. The van der Waals surface area contributed by atoms with Crippen LogP contribution in [0.25, 0.3) is 0 Å². The summed E-state index contributed by atoms with van der Waals surface area (Å²) in [5, 5.41) is 11.4. The second kappa shape index (κ2) is 11.3. The van der Waals surface area contributed by atoms with Crippen LogP contribution >= 0.6 is 0 Å². The molecule has 3 rings (SSSR count). The number of aromatic nitrogens is 3. The van der Waals surface area contributed by atoms with E-state index in [4.69, 9.17) is 8.94 Å². The van der Waals surface area contributed by atoms with Gasteiger partial charge in [0, 0.05) is 11.8 Å². The first-order chi connectivity index (χ1) is 12.7. The lowest BCUT2D eigenvalue weighted by molar-refractivity contribution is 0.414. The fourth-order valence-corrected chi connectivity index (χ4v) is 2.47. The van der Waals surface area contributed by atoms with E-state index in [0.29, 0.717) is 17.8 Å².